The average molecular weight is 229 g/mol. The normalized spacial score (nSPS) is 10.4. The van der Waals surface area contributed by atoms with Crippen molar-refractivity contribution < 1.29 is 4.39 Å². The monoisotopic (exact) mass is 228 g/mol. The second-order valence-electron chi connectivity index (χ2n) is 2.65. The Labute approximate surface area is 89.4 Å². The van der Waals surface area contributed by atoms with Gasteiger partial charge in [0.05, 0.1) is 17.8 Å². The summed E-state index contributed by atoms with van der Waals surface area (Å²) in [6.07, 6.45) is 2.74. The van der Waals surface area contributed by atoms with Crippen molar-refractivity contribution in [3.63, 3.8) is 0 Å². The molecule has 0 spiro atoms. The first-order valence-corrected chi connectivity index (χ1v) is 5.32. The molecule has 2 aromatic heterocycles. The van der Waals surface area contributed by atoms with Gasteiger partial charge < -0.3 is 0 Å². The summed E-state index contributed by atoms with van der Waals surface area (Å²) >= 11 is 7.07. The lowest BCUT2D eigenvalue weighted by atomic mass is 10.2. The number of rotatable bonds is 2. The van der Waals surface area contributed by atoms with E-state index in [0.29, 0.717) is 11.4 Å². The molecule has 0 aromatic carbocycles. The van der Waals surface area contributed by atoms with Crippen LogP contribution in [0.1, 0.15) is 5.01 Å². The standard InChI is InChI=1S/C9H6ClFN2S/c10-2-9-13-8(5-14-9)6-1-7(11)4-12-3-6/h1,3-5H,2H2. The Morgan fingerprint density at radius 2 is 2.29 bits per heavy atom. The smallest absolute Gasteiger partial charge is 0.142 e. The molecule has 0 aliphatic heterocycles. The first-order valence-electron chi connectivity index (χ1n) is 3.91. The van der Waals surface area contributed by atoms with Gasteiger partial charge in [-0.25, -0.2) is 9.37 Å². The van der Waals surface area contributed by atoms with Crippen LogP contribution in [-0.2, 0) is 5.88 Å². The third-order valence-electron chi connectivity index (χ3n) is 1.67. The van der Waals surface area contributed by atoms with Crippen LogP contribution in [-0.4, -0.2) is 9.97 Å². The van der Waals surface area contributed by atoms with Gasteiger partial charge in [-0.2, -0.15) is 0 Å². The van der Waals surface area contributed by atoms with E-state index in [2.05, 4.69) is 9.97 Å². The molecule has 0 radical (unpaired) electrons. The van der Waals surface area contributed by atoms with Gasteiger partial charge in [-0.05, 0) is 6.07 Å². The van der Waals surface area contributed by atoms with Crippen LogP contribution in [0.2, 0.25) is 0 Å². The third kappa shape index (κ3) is 1.91. The predicted octanol–water partition coefficient (Wildman–Crippen LogP) is 3.08. The maximum Gasteiger partial charge on any atom is 0.142 e. The molecule has 0 bridgehead atoms. The number of aromatic nitrogens is 2. The average Bonchev–Trinajstić information content (AvgIpc) is 2.66. The molecule has 0 saturated heterocycles. The Balaban J connectivity index is 2.39. The minimum Gasteiger partial charge on any atom is -0.261 e. The topological polar surface area (TPSA) is 25.8 Å². The molecule has 0 unspecified atom stereocenters. The molecule has 72 valence electrons. The highest BCUT2D eigenvalue weighted by Gasteiger charge is 2.04. The van der Waals surface area contributed by atoms with Crippen molar-refractivity contribution in [3.8, 4) is 11.3 Å². The fourth-order valence-electron chi connectivity index (χ4n) is 1.06. The molecule has 5 heteroatoms. The highest BCUT2D eigenvalue weighted by Crippen LogP contribution is 2.22. The van der Waals surface area contributed by atoms with Gasteiger partial charge in [-0.15, -0.1) is 22.9 Å². The van der Waals surface area contributed by atoms with Gasteiger partial charge in [-0.1, -0.05) is 0 Å². The van der Waals surface area contributed by atoms with Gasteiger partial charge in [0.15, 0.2) is 0 Å². The predicted molar refractivity (Wildman–Crippen MR) is 54.9 cm³/mol. The van der Waals surface area contributed by atoms with Gasteiger partial charge in [0.1, 0.15) is 10.8 Å². The van der Waals surface area contributed by atoms with E-state index in [1.54, 1.807) is 6.20 Å². The Kier molecular flexibility index (Phi) is 2.74. The second-order valence-corrected chi connectivity index (χ2v) is 3.86. The van der Waals surface area contributed by atoms with E-state index in [9.17, 15) is 4.39 Å². The summed E-state index contributed by atoms with van der Waals surface area (Å²) in [5, 5.41) is 2.67. The number of alkyl halides is 1. The van der Waals surface area contributed by atoms with E-state index in [-0.39, 0.29) is 5.82 Å². The van der Waals surface area contributed by atoms with Crippen molar-refractivity contribution in [1.82, 2.24) is 9.97 Å². The molecule has 2 heterocycles. The fourth-order valence-corrected chi connectivity index (χ4v) is 1.96. The Hall–Kier alpha value is -1.00. The van der Waals surface area contributed by atoms with Gasteiger partial charge in [-0.3, -0.25) is 4.98 Å². The SMILES string of the molecule is Fc1cncc(-c2csc(CCl)n2)c1. The lowest BCUT2D eigenvalue weighted by Crippen LogP contribution is -1.83. The largest absolute Gasteiger partial charge is 0.261 e. The zero-order valence-electron chi connectivity index (χ0n) is 7.08. The van der Waals surface area contributed by atoms with Crippen LogP contribution in [0.5, 0.6) is 0 Å². The van der Waals surface area contributed by atoms with Crippen molar-refractivity contribution in [3.05, 3.63) is 34.7 Å². The summed E-state index contributed by atoms with van der Waals surface area (Å²) < 4.78 is 12.8. The van der Waals surface area contributed by atoms with Crippen molar-refractivity contribution >= 4 is 22.9 Å². The molecule has 0 aliphatic rings. The molecule has 0 N–H and O–H groups in total. The van der Waals surface area contributed by atoms with Gasteiger partial charge in [0.2, 0.25) is 0 Å². The van der Waals surface area contributed by atoms with Gasteiger partial charge in [0, 0.05) is 17.1 Å². The molecule has 0 fully saturated rings. The summed E-state index contributed by atoms with van der Waals surface area (Å²) in [6.45, 7) is 0. The Bertz CT molecular complexity index is 444. The van der Waals surface area contributed by atoms with Crippen LogP contribution in [0, 0.1) is 5.82 Å². The molecule has 2 rings (SSSR count). The summed E-state index contributed by atoms with van der Waals surface area (Å²) in [5.74, 6) is 0.0239. The summed E-state index contributed by atoms with van der Waals surface area (Å²) in [5.41, 5.74) is 1.40. The van der Waals surface area contributed by atoms with Crippen molar-refractivity contribution in [2.75, 3.05) is 0 Å². The van der Waals surface area contributed by atoms with Gasteiger partial charge in [0.25, 0.3) is 0 Å². The van der Waals surface area contributed by atoms with E-state index < -0.39 is 0 Å². The van der Waals surface area contributed by atoms with Crippen LogP contribution >= 0.6 is 22.9 Å². The molecular formula is C9H6ClFN2S. The number of pyridine rings is 1. The van der Waals surface area contributed by atoms with Crippen LogP contribution in [0.15, 0.2) is 23.8 Å². The van der Waals surface area contributed by atoms with Crippen molar-refractivity contribution in [1.29, 1.82) is 0 Å². The number of hydrogen-bond donors (Lipinski definition) is 0. The highest BCUT2D eigenvalue weighted by atomic mass is 35.5. The van der Waals surface area contributed by atoms with Gasteiger partial charge >= 0.3 is 0 Å². The third-order valence-corrected chi connectivity index (χ3v) is 2.93. The van der Waals surface area contributed by atoms with E-state index in [1.807, 2.05) is 5.38 Å². The molecule has 0 amide bonds. The molecule has 2 aromatic rings. The summed E-state index contributed by atoms with van der Waals surface area (Å²) in [6, 6.07) is 1.40. The van der Waals surface area contributed by atoms with Crippen LogP contribution < -0.4 is 0 Å². The summed E-state index contributed by atoms with van der Waals surface area (Å²) in [7, 11) is 0. The first kappa shape index (κ1) is 9.55. The lowest BCUT2D eigenvalue weighted by Gasteiger charge is -1.94. The van der Waals surface area contributed by atoms with Crippen LogP contribution in [0.25, 0.3) is 11.3 Å². The molecule has 0 atom stereocenters. The number of halogens is 2. The maximum atomic E-state index is 12.8. The molecule has 2 nitrogen and oxygen atoms in total. The lowest BCUT2D eigenvalue weighted by molar-refractivity contribution is 0.622. The zero-order chi connectivity index (χ0) is 9.97. The highest BCUT2D eigenvalue weighted by molar-refractivity contribution is 7.10. The molecule has 0 aliphatic carbocycles. The first-order chi connectivity index (χ1) is 6.79. The van der Waals surface area contributed by atoms with E-state index in [4.69, 9.17) is 11.6 Å². The number of nitrogens with zero attached hydrogens (tertiary/aromatic N) is 2. The Morgan fingerprint density at radius 1 is 1.43 bits per heavy atom. The zero-order valence-corrected chi connectivity index (χ0v) is 8.65. The minimum absolute atomic E-state index is 0.358. The number of thiazole rings is 1. The quantitative estimate of drug-likeness (QED) is 0.739. The Morgan fingerprint density at radius 3 is 2.93 bits per heavy atom. The van der Waals surface area contributed by atoms with Crippen LogP contribution in [0.4, 0.5) is 4.39 Å². The second kappa shape index (κ2) is 4.02. The van der Waals surface area contributed by atoms with Crippen molar-refractivity contribution in [2.45, 2.75) is 5.88 Å². The van der Waals surface area contributed by atoms with E-state index >= 15 is 0 Å². The van der Waals surface area contributed by atoms with Crippen molar-refractivity contribution in [2.24, 2.45) is 0 Å². The molecule has 14 heavy (non-hydrogen) atoms. The van der Waals surface area contributed by atoms with Crippen LogP contribution in [0.3, 0.4) is 0 Å². The molecule has 0 saturated carbocycles. The minimum atomic E-state index is -0.358. The maximum absolute atomic E-state index is 12.8. The van der Waals surface area contributed by atoms with E-state index in [0.717, 1.165) is 10.7 Å². The summed E-state index contributed by atoms with van der Waals surface area (Å²) in [4.78, 5) is 7.97. The fraction of sp³-hybridized carbons (Fsp3) is 0.111. The van der Waals surface area contributed by atoms with E-state index in [1.165, 1.54) is 23.6 Å². The number of hydrogen-bond acceptors (Lipinski definition) is 3. The molecular weight excluding hydrogens is 223 g/mol.